The van der Waals surface area contributed by atoms with Gasteiger partial charge in [-0.25, -0.2) is 0 Å². The van der Waals surface area contributed by atoms with E-state index < -0.39 is 0 Å². The summed E-state index contributed by atoms with van der Waals surface area (Å²) in [6.45, 7) is 8.39. The summed E-state index contributed by atoms with van der Waals surface area (Å²) >= 11 is 0. The van der Waals surface area contributed by atoms with Crippen molar-refractivity contribution in [3.8, 4) is 5.75 Å². The van der Waals surface area contributed by atoms with Gasteiger partial charge >= 0.3 is 5.97 Å². The summed E-state index contributed by atoms with van der Waals surface area (Å²) in [5.74, 6) is 0.335. The number of rotatable bonds is 12. The third-order valence-corrected chi connectivity index (χ3v) is 4.48. The second kappa shape index (κ2) is 12.3. The van der Waals surface area contributed by atoms with E-state index >= 15 is 0 Å². The van der Waals surface area contributed by atoms with Crippen molar-refractivity contribution in [2.75, 3.05) is 46.9 Å². The first kappa shape index (κ1) is 22.0. The Morgan fingerprint density at radius 2 is 1.54 bits per heavy atom. The third-order valence-electron chi connectivity index (χ3n) is 4.48. The average Bonchev–Trinajstić information content (AvgIpc) is 2.69. The van der Waals surface area contributed by atoms with Crippen molar-refractivity contribution in [3.05, 3.63) is 29.8 Å². The van der Waals surface area contributed by atoms with Gasteiger partial charge in [-0.15, -0.1) is 0 Å². The number of hydrogen-bond donors (Lipinski definition) is 0. The number of nitrogens with zero attached hydrogens (tertiary/aromatic N) is 2. The normalized spacial score (nSPS) is 10.7. The molecule has 1 aromatic rings. The molecule has 0 aliphatic rings. The van der Waals surface area contributed by atoms with Crippen molar-refractivity contribution < 1.29 is 19.1 Å². The summed E-state index contributed by atoms with van der Waals surface area (Å²) in [6, 6.07) is 7.04. The highest BCUT2D eigenvalue weighted by Crippen LogP contribution is 2.14. The molecule has 0 N–H and O–H groups in total. The maximum absolute atomic E-state index is 12.8. The topological polar surface area (TPSA) is 59.1 Å². The molecule has 0 saturated heterocycles. The van der Waals surface area contributed by atoms with E-state index in [1.807, 2.05) is 0 Å². The number of carbonyl (C=O) groups excluding carboxylic acids is 2. The maximum Gasteiger partial charge on any atom is 0.307 e. The largest absolute Gasteiger partial charge is 0.497 e. The first-order chi connectivity index (χ1) is 12.5. The third kappa shape index (κ3) is 7.44. The van der Waals surface area contributed by atoms with Crippen LogP contribution in [0.3, 0.4) is 0 Å². The summed E-state index contributed by atoms with van der Waals surface area (Å²) in [5.41, 5.74) is 0.597. The Morgan fingerprint density at radius 1 is 0.923 bits per heavy atom. The molecule has 1 amide bonds. The molecule has 0 radical (unpaired) electrons. The molecule has 0 atom stereocenters. The van der Waals surface area contributed by atoms with Crippen molar-refractivity contribution >= 4 is 11.9 Å². The lowest BCUT2D eigenvalue weighted by molar-refractivity contribution is -0.140. The van der Waals surface area contributed by atoms with E-state index in [4.69, 9.17) is 9.47 Å². The van der Waals surface area contributed by atoms with Crippen molar-refractivity contribution in [1.29, 1.82) is 0 Å². The molecule has 146 valence electrons. The van der Waals surface area contributed by atoms with Gasteiger partial charge in [-0.05, 0) is 56.7 Å². The van der Waals surface area contributed by atoms with Crippen LogP contribution in [-0.4, -0.2) is 68.6 Å². The Kier molecular flexibility index (Phi) is 10.4. The minimum Gasteiger partial charge on any atom is -0.497 e. The van der Waals surface area contributed by atoms with Crippen LogP contribution in [0.25, 0.3) is 0 Å². The van der Waals surface area contributed by atoms with Crippen LogP contribution in [0.4, 0.5) is 0 Å². The van der Waals surface area contributed by atoms with E-state index in [1.54, 1.807) is 36.3 Å². The predicted octanol–water partition coefficient (Wildman–Crippen LogP) is 2.82. The van der Waals surface area contributed by atoms with Crippen LogP contribution < -0.4 is 4.74 Å². The molecule has 0 heterocycles. The van der Waals surface area contributed by atoms with E-state index in [2.05, 4.69) is 18.7 Å². The van der Waals surface area contributed by atoms with Gasteiger partial charge in [0.1, 0.15) is 5.75 Å². The first-order valence-corrected chi connectivity index (χ1v) is 9.28. The van der Waals surface area contributed by atoms with Gasteiger partial charge in [0.15, 0.2) is 0 Å². The van der Waals surface area contributed by atoms with Gasteiger partial charge in [0.05, 0.1) is 20.6 Å². The standard InChI is InChI=1S/C20H32N2O4/c1-5-21(6-2)14-7-8-15-22(16-13-19(23)26-4)20(24)17-9-11-18(25-3)12-10-17/h9-12H,5-8,13-16H2,1-4H3. The van der Waals surface area contributed by atoms with Crippen LogP contribution in [0.1, 0.15) is 43.5 Å². The molecule has 26 heavy (non-hydrogen) atoms. The second-order valence-electron chi connectivity index (χ2n) is 6.08. The molecule has 0 aromatic heterocycles. The SMILES string of the molecule is CCN(CC)CCCCN(CCC(=O)OC)C(=O)c1ccc(OC)cc1. The molecule has 1 aromatic carbocycles. The summed E-state index contributed by atoms with van der Waals surface area (Å²) in [6.07, 6.45) is 2.13. The number of ether oxygens (including phenoxy) is 2. The van der Waals surface area contributed by atoms with Gasteiger partial charge < -0.3 is 19.3 Å². The predicted molar refractivity (Wildman–Crippen MR) is 103 cm³/mol. The Balaban J connectivity index is 2.66. The Morgan fingerprint density at radius 3 is 2.08 bits per heavy atom. The van der Waals surface area contributed by atoms with Gasteiger partial charge in [0.25, 0.3) is 5.91 Å². The molecule has 6 nitrogen and oxygen atoms in total. The zero-order valence-corrected chi connectivity index (χ0v) is 16.5. The van der Waals surface area contributed by atoms with E-state index in [0.29, 0.717) is 24.4 Å². The number of hydrogen-bond acceptors (Lipinski definition) is 5. The fourth-order valence-corrected chi connectivity index (χ4v) is 2.74. The van der Waals surface area contributed by atoms with Crippen LogP contribution in [0.15, 0.2) is 24.3 Å². The van der Waals surface area contributed by atoms with E-state index in [0.717, 1.165) is 32.5 Å². The smallest absolute Gasteiger partial charge is 0.307 e. The fourth-order valence-electron chi connectivity index (χ4n) is 2.74. The number of carbonyl (C=O) groups is 2. The summed E-state index contributed by atoms with van der Waals surface area (Å²) < 4.78 is 9.84. The van der Waals surface area contributed by atoms with Crippen LogP contribution in [-0.2, 0) is 9.53 Å². The zero-order valence-electron chi connectivity index (χ0n) is 16.5. The summed E-state index contributed by atoms with van der Waals surface area (Å²) in [7, 11) is 2.96. The highest BCUT2D eigenvalue weighted by atomic mass is 16.5. The van der Waals surface area contributed by atoms with Gasteiger partial charge in [0.2, 0.25) is 0 Å². The number of esters is 1. The monoisotopic (exact) mass is 364 g/mol. The highest BCUT2D eigenvalue weighted by Gasteiger charge is 2.17. The first-order valence-electron chi connectivity index (χ1n) is 9.28. The van der Waals surface area contributed by atoms with Crippen molar-refractivity contribution in [1.82, 2.24) is 9.80 Å². The van der Waals surface area contributed by atoms with Gasteiger partial charge in [-0.1, -0.05) is 13.8 Å². The van der Waals surface area contributed by atoms with Crippen LogP contribution >= 0.6 is 0 Å². The molecular weight excluding hydrogens is 332 g/mol. The molecule has 0 aliphatic heterocycles. The molecule has 1 rings (SSSR count). The van der Waals surface area contributed by atoms with E-state index in [9.17, 15) is 9.59 Å². The maximum atomic E-state index is 12.8. The molecule has 0 spiro atoms. The number of unbranched alkanes of at least 4 members (excludes halogenated alkanes) is 1. The molecule has 0 bridgehead atoms. The van der Waals surface area contributed by atoms with E-state index in [1.165, 1.54) is 7.11 Å². The molecule has 6 heteroatoms. The number of methoxy groups -OCH3 is 2. The molecule has 0 fully saturated rings. The molecule has 0 aliphatic carbocycles. The zero-order chi connectivity index (χ0) is 19.4. The molecule has 0 unspecified atom stereocenters. The number of benzene rings is 1. The highest BCUT2D eigenvalue weighted by molar-refractivity contribution is 5.94. The Hall–Kier alpha value is -2.08. The lowest BCUT2D eigenvalue weighted by Gasteiger charge is -2.23. The van der Waals surface area contributed by atoms with Crippen LogP contribution in [0.5, 0.6) is 5.75 Å². The minimum atomic E-state index is -0.305. The van der Waals surface area contributed by atoms with Crippen molar-refractivity contribution in [3.63, 3.8) is 0 Å². The minimum absolute atomic E-state index is 0.0700. The number of amides is 1. The van der Waals surface area contributed by atoms with Crippen molar-refractivity contribution in [2.45, 2.75) is 33.1 Å². The second-order valence-corrected chi connectivity index (χ2v) is 6.08. The van der Waals surface area contributed by atoms with Gasteiger partial charge in [-0.3, -0.25) is 9.59 Å². The van der Waals surface area contributed by atoms with Crippen molar-refractivity contribution in [2.24, 2.45) is 0 Å². The van der Waals surface area contributed by atoms with E-state index in [-0.39, 0.29) is 18.3 Å². The summed E-state index contributed by atoms with van der Waals surface area (Å²) in [5, 5.41) is 0. The molecular formula is C20H32N2O4. The van der Waals surface area contributed by atoms with Gasteiger partial charge in [-0.2, -0.15) is 0 Å². The Labute approximate surface area is 157 Å². The summed E-state index contributed by atoms with van der Waals surface area (Å²) in [4.78, 5) is 28.4. The lowest BCUT2D eigenvalue weighted by atomic mass is 10.1. The quantitative estimate of drug-likeness (QED) is 0.422. The average molecular weight is 364 g/mol. The van der Waals surface area contributed by atoms with Gasteiger partial charge in [0, 0.05) is 18.7 Å². The fraction of sp³-hybridized carbons (Fsp3) is 0.600. The lowest BCUT2D eigenvalue weighted by Crippen LogP contribution is -2.34. The Bertz CT molecular complexity index is 541. The van der Waals surface area contributed by atoms with Crippen LogP contribution in [0.2, 0.25) is 0 Å². The van der Waals surface area contributed by atoms with Crippen LogP contribution in [0, 0.1) is 0 Å². The molecule has 0 saturated carbocycles.